The first-order valence-electron chi connectivity index (χ1n) is 11.9. The van der Waals surface area contributed by atoms with Crippen LogP contribution in [-0.4, -0.2) is 49.5 Å². The van der Waals surface area contributed by atoms with Gasteiger partial charge in [0.25, 0.3) is 5.91 Å². The molecule has 0 spiro atoms. The predicted molar refractivity (Wildman–Crippen MR) is 134 cm³/mol. The number of rotatable bonds is 5. The van der Waals surface area contributed by atoms with E-state index in [9.17, 15) is 19.1 Å². The van der Waals surface area contributed by atoms with Gasteiger partial charge in [-0.1, -0.05) is 52.8 Å². The Morgan fingerprint density at radius 3 is 2.33 bits per heavy atom. The molecule has 2 unspecified atom stereocenters. The molecule has 3 heterocycles. The van der Waals surface area contributed by atoms with E-state index in [0.29, 0.717) is 28.3 Å². The lowest BCUT2D eigenvalue weighted by Gasteiger charge is -2.52. The quantitative estimate of drug-likeness (QED) is 0.485. The Hall–Kier alpha value is -3.88. The van der Waals surface area contributed by atoms with E-state index in [1.807, 2.05) is 34.6 Å². The van der Waals surface area contributed by atoms with Gasteiger partial charge in [0, 0.05) is 48.1 Å². The van der Waals surface area contributed by atoms with Gasteiger partial charge in [0.05, 0.1) is 23.0 Å². The van der Waals surface area contributed by atoms with Gasteiger partial charge in [-0.2, -0.15) is 0 Å². The van der Waals surface area contributed by atoms with Gasteiger partial charge in [-0.25, -0.2) is 19.2 Å². The maximum absolute atomic E-state index is 14.9. The topological polar surface area (TPSA) is 108 Å². The number of carbonyl (C=O) groups is 2. The summed E-state index contributed by atoms with van der Waals surface area (Å²) < 4.78 is 14.9. The molecule has 188 valence electrons. The number of nitrogens with zero attached hydrogens (tertiary/aromatic N) is 4. The molecule has 0 aliphatic carbocycles. The number of benzene rings is 1. The smallest absolute Gasteiger partial charge is 0.407 e. The first-order chi connectivity index (χ1) is 17.0. The first kappa shape index (κ1) is 25.2. The Bertz CT molecular complexity index is 1290. The van der Waals surface area contributed by atoms with Crippen molar-refractivity contribution in [2.45, 2.75) is 52.5 Å². The van der Waals surface area contributed by atoms with Gasteiger partial charge in [0.15, 0.2) is 0 Å². The largest absolute Gasteiger partial charge is 0.465 e. The third-order valence-electron chi connectivity index (χ3n) is 6.43. The molecule has 1 saturated heterocycles. The van der Waals surface area contributed by atoms with Crippen molar-refractivity contribution < 1.29 is 19.1 Å². The lowest BCUT2D eigenvalue weighted by molar-refractivity contribution is -0.00271. The minimum atomic E-state index is -1.01. The van der Waals surface area contributed by atoms with Crippen LogP contribution in [0.25, 0.3) is 11.1 Å². The second-order valence-corrected chi connectivity index (χ2v) is 10.4. The van der Waals surface area contributed by atoms with Crippen molar-refractivity contribution in [3.8, 4) is 11.1 Å². The Morgan fingerprint density at radius 2 is 1.75 bits per heavy atom. The molecule has 3 aromatic rings. The zero-order chi connectivity index (χ0) is 26.2. The molecule has 1 aliphatic rings. The molecular formula is C27H30FN5O3. The highest BCUT2D eigenvalue weighted by Gasteiger charge is 2.50. The first-order valence-corrected chi connectivity index (χ1v) is 11.9. The molecule has 1 aliphatic heterocycles. The molecule has 0 radical (unpaired) electrons. The highest BCUT2D eigenvalue weighted by atomic mass is 19.1. The van der Waals surface area contributed by atoms with Crippen molar-refractivity contribution in [2.24, 2.45) is 5.41 Å². The van der Waals surface area contributed by atoms with Gasteiger partial charge in [0.1, 0.15) is 11.6 Å². The van der Waals surface area contributed by atoms with E-state index in [2.05, 4.69) is 20.3 Å². The Labute approximate surface area is 209 Å². The molecule has 1 aromatic carbocycles. The molecule has 2 N–H and O–H groups in total. The van der Waals surface area contributed by atoms with Crippen LogP contribution < -0.4 is 5.32 Å². The molecule has 9 heteroatoms. The van der Waals surface area contributed by atoms with E-state index in [0.717, 1.165) is 0 Å². The van der Waals surface area contributed by atoms with Gasteiger partial charge < -0.3 is 15.3 Å². The Balaban J connectivity index is 1.80. The van der Waals surface area contributed by atoms with Crippen molar-refractivity contribution in [2.75, 3.05) is 11.9 Å². The van der Waals surface area contributed by atoms with E-state index in [1.54, 1.807) is 30.5 Å². The maximum atomic E-state index is 14.9. The van der Waals surface area contributed by atoms with Crippen molar-refractivity contribution in [1.82, 2.24) is 19.9 Å². The number of nitrogens with one attached hydrogen (secondary N) is 1. The number of likely N-dealkylation sites (tertiary alicyclic amines) is 1. The molecule has 36 heavy (non-hydrogen) atoms. The lowest BCUT2D eigenvalue weighted by atomic mass is 9.70. The summed E-state index contributed by atoms with van der Waals surface area (Å²) in [7, 11) is 0. The number of aromatic nitrogens is 3. The number of carboxylic acid groups (broad SMARTS) is 1. The second-order valence-electron chi connectivity index (χ2n) is 10.4. The van der Waals surface area contributed by atoms with Crippen LogP contribution in [0.15, 0.2) is 48.9 Å². The number of amides is 2. The van der Waals surface area contributed by atoms with Crippen molar-refractivity contribution in [3.63, 3.8) is 0 Å². The number of pyridine rings is 1. The molecule has 2 amide bonds. The molecule has 0 saturated carbocycles. The molecule has 4 rings (SSSR count). The number of carbonyl (C=O) groups excluding carboxylic acids is 1. The van der Waals surface area contributed by atoms with Crippen LogP contribution in [0.4, 0.5) is 14.9 Å². The van der Waals surface area contributed by atoms with Crippen LogP contribution in [0.1, 0.15) is 68.3 Å². The van der Waals surface area contributed by atoms with Crippen LogP contribution >= 0.6 is 0 Å². The Kier molecular flexibility index (Phi) is 6.75. The Morgan fingerprint density at radius 1 is 1.08 bits per heavy atom. The van der Waals surface area contributed by atoms with E-state index in [-0.39, 0.29) is 30.0 Å². The van der Waals surface area contributed by atoms with Crippen molar-refractivity contribution in [1.29, 1.82) is 0 Å². The average Bonchev–Trinajstić information content (AvgIpc) is 2.78. The predicted octanol–water partition coefficient (Wildman–Crippen LogP) is 5.55. The highest BCUT2D eigenvalue weighted by Crippen LogP contribution is 2.47. The maximum Gasteiger partial charge on any atom is 0.407 e. The normalized spacial score (nSPS) is 17.6. The summed E-state index contributed by atoms with van der Waals surface area (Å²) in [5.41, 5.74) is 1.50. The van der Waals surface area contributed by atoms with Gasteiger partial charge in [-0.15, -0.1) is 0 Å². The van der Waals surface area contributed by atoms with Crippen LogP contribution in [0.2, 0.25) is 0 Å². The average molecular weight is 492 g/mol. The molecule has 0 bridgehead atoms. The highest BCUT2D eigenvalue weighted by molar-refractivity contribution is 6.06. The zero-order valence-corrected chi connectivity index (χ0v) is 21.0. The van der Waals surface area contributed by atoms with Gasteiger partial charge in [-0.05, 0) is 17.5 Å². The van der Waals surface area contributed by atoms with Crippen molar-refractivity contribution >= 4 is 17.7 Å². The summed E-state index contributed by atoms with van der Waals surface area (Å²) >= 11 is 0. The van der Waals surface area contributed by atoms with E-state index < -0.39 is 23.2 Å². The van der Waals surface area contributed by atoms with Gasteiger partial charge in [-0.3, -0.25) is 9.78 Å². The monoisotopic (exact) mass is 491 g/mol. The lowest BCUT2D eigenvalue weighted by Crippen LogP contribution is -2.62. The number of anilines is 1. The van der Waals surface area contributed by atoms with Crippen LogP contribution in [-0.2, 0) is 0 Å². The summed E-state index contributed by atoms with van der Waals surface area (Å²) in [6.45, 7) is 10.0. The minimum absolute atomic E-state index is 0.116. The van der Waals surface area contributed by atoms with Crippen molar-refractivity contribution in [3.05, 3.63) is 71.8 Å². The summed E-state index contributed by atoms with van der Waals surface area (Å²) in [5.74, 6) is -0.453. The SMILES string of the molecule is CC(C)c1ncc(C(=O)Nc2c(-c3ccccc3F)ccnc2C2CN(C(=O)O)C2C(C)(C)C)cn1. The second kappa shape index (κ2) is 9.64. The fraction of sp³-hybridized carbons (Fsp3) is 0.370. The summed E-state index contributed by atoms with van der Waals surface area (Å²) in [6.07, 6.45) is 3.48. The summed E-state index contributed by atoms with van der Waals surface area (Å²) in [6, 6.07) is 7.58. The third-order valence-corrected chi connectivity index (χ3v) is 6.43. The summed E-state index contributed by atoms with van der Waals surface area (Å²) in [4.78, 5) is 39.6. The fourth-order valence-corrected chi connectivity index (χ4v) is 4.74. The van der Waals surface area contributed by atoms with Crippen LogP contribution in [0.5, 0.6) is 0 Å². The fourth-order valence-electron chi connectivity index (χ4n) is 4.74. The van der Waals surface area contributed by atoms with Gasteiger partial charge in [0.2, 0.25) is 0 Å². The van der Waals surface area contributed by atoms with E-state index in [4.69, 9.17) is 0 Å². The molecule has 8 nitrogen and oxygen atoms in total. The minimum Gasteiger partial charge on any atom is -0.465 e. The molecule has 1 fully saturated rings. The van der Waals surface area contributed by atoms with Crippen LogP contribution in [0, 0.1) is 11.2 Å². The van der Waals surface area contributed by atoms with E-state index >= 15 is 0 Å². The molecular weight excluding hydrogens is 461 g/mol. The standard InChI is InChI=1S/C27H30FN5O3/c1-15(2)24-30-12-16(13-31-24)25(34)32-22-18(17-8-6-7-9-20(17)28)10-11-29-21(22)19-14-33(26(35)36)23(19)27(3,4)5/h6-13,15,19,23H,14H2,1-5H3,(H,32,34)(H,35,36). The third kappa shape index (κ3) is 4.78. The van der Waals surface area contributed by atoms with Crippen LogP contribution in [0.3, 0.4) is 0 Å². The number of halogens is 1. The summed E-state index contributed by atoms with van der Waals surface area (Å²) in [5, 5.41) is 12.6. The molecule has 2 aromatic heterocycles. The van der Waals surface area contributed by atoms with Gasteiger partial charge >= 0.3 is 6.09 Å². The number of hydrogen-bond acceptors (Lipinski definition) is 5. The zero-order valence-electron chi connectivity index (χ0n) is 21.0. The number of hydrogen-bond donors (Lipinski definition) is 2. The molecule has 2 atom stereocenters. The van der Waals surface area contributed by atoms with E-state index in [1.165, 1.54) is 23.4 Å².